The van der Waals surface area contributed by atoms with Crippen LogP contribution in [0.1, 0.15) is 77.6 Å². The summed E-state index contributed by atoms with van der Waals surface area (Å²) in [6, 6.07) is 0. The van der Waals surface area contributed by atoms with Crippen molar-refractivity contribution in [2.24, 2.45) is 5.92 Å². The normalized spacial score (nSPS) is 20.3. The Hall–Kier alpha value is -0.570. The van der Waals surface area contributed by atoms with Crippen molar-refractivity contribution in [1.82, 2.24) is 5.32 Å². The third-order valence-corrected chi connectivity index (χ3v) is 4.03. The van der Waals surface area contributed by atoms with E-state index in [0.717, 1.165) is 12.8 Å². The Bertz CT molecular complexity index is 219. The molecule has 0 spiro atoms. The van der Waals surface area contributed by atoms with E-state index in [9.17, 15) is 4.79 Å². The summed E-state index contributed by atoms with van der Waals surface area (Å²) in [5.41, 5.74) is 0. The molecule has 1 aliphatic carbocycles. The van der Waals surface area contributed by atoms with Crippen molar-refractivity contribution in [2.75, 3.05) is 13.3 Å². The minimum Gasteiger partial charge on any atom is -0.362 e. The van der Waals surface area contributed by atoms with Crippen LogP contribution < -0.4 is 5.32 Å². The molecule has 1 rings (SSSR count). The van der Waals surface area contributed by atoms with Gasteiger partial charge in [0.15, 0.2) is 0 Å². The van der Waals surface area contributed by atoms with E-state index in [1.54, 1.807) is 0 Å². The summed E-state index contributed by atoms with van der Waals surface area (Å²) in [5.74, 6) is 0.408. The molecule has 0 aliphatic heterocycles. The summed E-state index contributed by atoms with van der Waals surface area (Å²) in [5, 5.41) is 2.90. The van der Waals surface area contributed by atoms with Crippen LogP contribution in [0.4, 0.5) is 0 Å². The first-order valence-electron chi connectivity index (χ1n) is 8.20. The number of nitrogens with one attached hydrogen (secondary N) is 1. The largest absolute Gasteiger partial charge is 0.362 e. The van der Waals surface area contributed by atoms with Crippen LogP contribution in [0, 0.1) is 5.92 Å². The zero-order valence-electron chi connectivity index (χ0n) is 12.6. The maximum atomic E-state index is 12.1. The molecule has 0 radical (unpaired) electrons. The zero-order valence-corrected chi connectivity index (χ0v) is 12.6. The predicted molar refractivity (Wildman–Crippen MR) is 78.9 cm³/mol. The molecule has 1 aliphatic rings. The molecule has 3 heteroatoms. The van der Waals surface area contributed by atoms with E-state index in [-0.39, 0.29) is 11.8 Å². The van der Waals surface area contributed by atoms with E-state index in [0.29, 0.717) is 13.3 Å². The number of hydrogen-bond acceptors (Lipinski definition) is 2. The number of amides is 1. The second-order valence-electron chi connectivity index (χ2n) is 5.63. The molecule has 0 saturated heterocycles. The van der Waals surface area contributed by atoms with Crippen molar-refractivity contribution >= 4 is 5.91 Å². The van der Waals surface area contributed by atoms with Gasteiger partial charge in [-0.25, -0.2) is 0 Å². The maximum absolute atomic E-state index is 12.1. The Labute approximate surface area is 118 Å². The van der Waals surface area contributed by atoms with E-state index in [1.165, 1.54) is 57.8 Å². The second-order valence-corrected chi connectivity index (χ2v) is 5.63. The molecule has 3 nitrogen and oxygen atoms in total. The van der Waals surface area contributed by atoms with Gasteiger partial charge < -0.3 is 10.1 Å². The molecule has 0 heterocycles. The fraction of sp³-hybridized carbons (Fsp3) is 0.938. The highest BCUT2D eigenvalue weighted by atomic mass is 16.5. The summed E-state index contributed by atoms with van der Waals surface area (Å²) < 4.78 is 5.20. The Morgan fingerprint density at radius 3 is 1.89 bits per heavy atom. The van der Waals surface area contributed by atoms with Gasteiger partial charge in [0.05, 0.1) is 0 Å². The molecule has 1 N–H and O–H groups in total. The van der Waals surface area contributed by atoms with Crippen molar-refractivity contribution in [3.05, 3.63) is 0 Å². The topological polar surface area (TPSA) is 38.3 Å². The molecule has 0 aromatic carbocycles. The number of hydrogen-bond donors (Lipinski definition) is 1. The molecular weight excluding hydrogens is 238 g/mol. The van der Waals surface area contributed by atoms with Gasteiger partial charge in [0.25, 0.3) is 0 Å². The fourth-order valence-corrected chi connectivity index (χ4v) is 2.79. The van der Waals surface area contributed by atoms with Crippen LogP contribution in [-0.2, 0) is 9.53 Å². The summed E-state index contributed by atoms with van der Waals surface area (Å²) in [6.45, 7) is 2.97. The van der Waals surface area contributed by atoms with Crippen LogP contribution in [-0.4, -0.2) is 19.2 Å². The van der Waals surface area contributed by atoms with Gasteiger partial charge in [0, 0.05) is 12.5 Å². The van der Waals surface area contributed by atoms with Crippen LogP contribution in [0.3, 0.4) is 0 Å². The summed E-state index contributed by atoms with van der Waals surface area (Å²) >= 11 is 0. The Kier molecular flexibility index (Phi) is 9.78. The van der Waals surface area contributed by atoms with Gasteiger partial charge in [0.1, 0.15) is 6.73 Å². The van der Waals surface area contributed by atoms with Gasteiger partial charge in [0.2, 0.25) is 5.91 Å². The first kappa shape index (κ1) is 16.5. The number of carbonyl (C=O) groups excluding carboxylic acids is 1. The number of carbonyl (C=O) groups is 1. The molecule has 0 aromatic rings. The standard InChI is InChI=1S/C16H31NO2/c1-2-19-14-17-16(18)15-12-10-8-6-4-3-5-7-9-11-13-15/h15H,2-14H2,1H3,(H,17,18). The summed E-state index contributed by atoms with van der Waals surface area (Å²) in [4.78, 5) is 12.1. The molecule has 1 amide bonds. The summed E-state index contributed by atoms with van der Waals surface area (Å²) in [6.07, 6.45) is 13.9. The van der Waals surface area contributed by atoms with Crippen LogP contribution in [0.25, 0.3) is 0 Å². The van der Waals surface area contributed by atoms with Gasteiger partial charge in [-0.2, -0.15) is 0 Å². The monoisotopic (exact) mass is 269 g/mol. The van der Waals surface area contributed by atoms with Gasteiger partial charge in [-0.3, -0.25) is 4.79 Å². The average molecular weight is 269 g/mol. The molecule has 0 unspecified atom stereocenters. The lowest BCUT2D eigenvalue weighted by molar-refractivity contribution is -0.127. The van der Waals surface area contributed by atoms with Gasteiger partial charge in [-0.15, -0.1) is 0 Å². The van der Waals surface area contributed by atoms with Gasteiger partial charge in [-0.1, -0.05) is 57.8 Å². The molecule has 112 valence electrons. The smallest absolute Gasteiger partial charge is 0.224 e. The minimum atomic E-state index is 0.200. The third-order valence-electron chi connectivity index (χ3n) is 4.03. The van der Waals surface area contributed by atoms with Crippen molar-refractivity contribution < 1.29 is 9.53 Å². The lowest BCUT2D eigenvalue weighted by Crippen LogP contribution is -2.32. The van der Waals surface area contributed by atoms with Gasteiger partial charge in [-0.05, 0) is 19.8 Å². The van der Waals surface area contributed by atoms with Crippen LogP contribution in [0.2, 0.25) is 0 Å². The first-order valence-corrected chi connectivity index (χ1v) is 8.20. The van der Waals surface area contributed by atoms with Gasteiger partial charge >= 0.3 is 0 Å². The van der Waals surface area contributed by atoms with Crippen LogP contribution in [0.5, 0.6) is 0 Å². The third kappa shape index (κ3) is 8.25. The quantitative estimate of drug-likeness (QED) is 0.618. The van der Waals surface area contributed by atoms with E-state index in [1.807, 2.05) is 6.92 Å². The van der Waals surface area contributed by atoms with E-state index in [4.69, 9.17) is 4.74 Å². The fourth-order valence-electron chi connectivity index (χ4n) is 2.79. The highest BCUT2D eigenvalue weighted by molar-refractivity contribution is 5.78. The molecule has 1 saturated carbocycles. The Morgan fingerprint density at radius 1 is 0.947 bits per heavy atom. The molecule has 1 fully saturated rings. The van der Waals surface area contributed by atoms with Crippen molar-refractivity contribution in [3.8, 4) is 0 Å². The SMILES string of the molecule is CCOCNC(=O)C1CCCCCCCCCCC1. The first-order chi connectivity index (χ1) is 9.34. The highest BCUT2D eigenvalue weighted by Gasteiger charge is 2.17. The molecule has 0 bridgehead atoms. The van der Waals surface area contributed by atoms with Crippen LogP contribution >= 0.6 is 0 Å². The number of ether oxygens (including phenoxy) is 1. The summed E-state index contributed by atoms with van der Waals surface area (Å²) in [7, 11) is 0. The molecule has 19 heavy (non-hydrogen) atoms. The predicted octanol–water partition coefficient (Wildman–Crippen LogP) is 4.02. The number of rotatable bonds is 4. The zero-order chi connectivity index (χ0) is 13.8. The lowest BCUT2D eigenvalue weighted by atomic mass is 9.92. The Morgan fingerprint density at radius 2 is 1.42 bits per heavy atom. The Balaban J connectivity index is 2.30. The average Bonchev–Trinajstić information content (AvgIpc) is 2.39. The van der Waals surface area contributed by atoms with Crippen molar-refractivity contribution in [3.63, 3.8) is 0 Å². The molecule has 0 atom stereocenters. The van der Waals surface area contributed by atoms with Crippen LogP contribution in [0.15, 0.2) is 0 Å². The molecule has 0 aromatic heterocycles. The van der Waals surface area contributed by atoms with E-state index < -0.39 is 0 Å². The maximum Gasteiger partial charge on any atom is 0.224 e. The van der Waals surface area contributed by atoms with E-state index in [2.05, 4.69) is 5.32 Å². The van der Waals surface area contributed by atoms with Crippen molar-refractivity contribution in [2.45, 2.75) is 77.6 Å². The van der Waals surface area contributed by atoms with E-state index >= 15 is 0 Å². The second kappa shape index (κ2) is 11.3. The minimum absolute atomic E-state index is 0.200. The van der Waals surface area contributed by atoms with Crippen molar-refractivity contribution in [1.29, 1.82) is 0 Å². The highest BCUT2D eigenvalue weighted by Crippen LogP contribution is 2.21. The lowest BCUT2D eigenvalue weighted by Gasteiger charge is -2.17. The molecular formula is C16H31NO2.